The Bertz CT molecular complexity index is 354. The Morgan fingerprint density at radius 2 is 1.73 bits per heavy atom. The second-order valence-corrected chi connectivity index (χ2v) is 2.62. The second-order valence-electron chi connectivity index (χ2n) is 2.62. The van der Waals surface area contributed by atoms with Crippen LogP contribution in [0.15, 0.2) is 0 Å². The lowest BCUT2D eigenvalue weighted by Gasteiger charge is -2.19. The third kappa shape index (κ3) is 1.77. The van der Waals surface area contributed by atoms with Crippen LogP contribution in [0.5, 0.6) is 0 Å². The Morgan fingerprint density at radius 1 is 1.20 bits per heavy atom. The van der Waals surface area contributed by atoms with Crippen LogP contribution in [0.3, 0.4) is 0 Å². The first-order chi connectivity index (χ1) is 6.71. The van der Waals surface area contributed by atoms with Gasteiger partial charge in [0, 0.05) is 6.54 Å². The molecule has 1 heterocycles. The van der Waals surface area contributed by atoms with Crippen molar-refractivity contribution in [3.8, 4) is 0 Å². The average molecular weight is 233 g/mol. The third-order valence-corrected chi connectivity index (χ3v) is 1.65. The molecule has 1 aromatic rings. The van der Waals surface area contributed by atoms with E-state index in [1.165, 1.54) is 6.92 Å². The predicted octanol–water partition coefficient (Wildman–Crippen LogP) is 2.09. The number of rotatable bonds is 2. The molecule has 0 spiro atoms. The molecule has 0 N–H and O–H groups in total. The molecular weight excluding hydrogens is 228 g/mol. The SMILES string of the molecule is CCn1nnc(F)c1C(F)(F)C(F)(F)F. The lowest BCUT2D eigenvalue weighted by molar-refractivity contribution is -0.293. The summed E-state index contributed by atoms with van der Waals surface area (Å²) in [7, 11) is 0. The highest BCUT2D eigenvalue weighted by Gasteiger charge is 2.62. The Hall–Kier alpha value is -1.28. The maximum Gasteiger partial charge on any atom is 0.459 e. The highest BCUT2D eigenvalue weighted by atomic mass is 19.4. The predicted molar refractivity (Wildman–Crippen MR) is 35.6 cm³/mol. The maximum absolute atomic E-state index is 12.7. The van der Waals surface area contributed by atoms with Crippen LogP contribution in [0.2, 0.25) is 0 Å². The lowest BCUT2D eigenvalue weighted by Crippen LogP contribution is -2.36. The first-order valence-corrected chi connectivity index (χ1v) is 3.75. The van der Waals surface area contributed by atoms with Crippen molar-refractivity contribution >= 4 is 0 Å². The summed E-state index contributed by atoms with van der Waals surface area (Å²) >= 11 is 0. The Morgan fingerprint density at radius 3 is 2.13 bits per heavy atom. The molecule has 0 saturated heterocycles. The van der Waals surface area contributed by atoms with Gasteiger partial charge in [0.05, 0.1) is 0 Å². The fraction of sp³-hybridized carbons (Fsp3) is 0.667. The molecule has 15 heavy (non-hydrogen) atoms. The molecule has 1 rings (SSSR count). The second kappa shape index (κ2) is 3.38. The molecular formula is C6H5F6N3. The minimum absolute atomic E-state index is 0.169. The number of hydrogen-bond acceptors (Lipinski definition) is 2. The molecule has 0 amide bonds. The topological polar surface area (TPSA) is 30.7 Å². The van der Waals surface area contributed by atoms with Crippen LogP contribution in [-0.4, -0.2) is 21.2 Å². The van der Waals surface area contributed by atoms with Crippen molar-refractivity contribution in [2.45, 2.75) is 25.6 Å². The van der Waals surface area contributed by atoms with Crippen LogP contribution >= 0.6 is 0 Å². The molecule has 0 unspecified atom stereocenters. The molecule has 3 nitrogen and oxygen atoms in total. The van der Waals surface area contributed by atoms with E-state index < -0.39 is 23.7 Å². The molecule has 0 bridgehead atoms. The van der Waals surface area contributed by atoms with E-state index in [-0.39, 0.29) is 11.2 Å². The number of halogens is 6. The van der Waals surface area contributed by atoms with E-state index in [2.05, 4.69) is 10.3 Å². The molecule has 9 heteroatoms. The van der Waals surface area contributed by atoms with Gasteiger partial charge in [0.25, 0.3) is 5.95 Å². The molecule has 0 radical (unpaired) electrons. The summed E-state index contributed by atoms with van der Waals surface area (Å²) in [6.07, 6.45) is -5.87. The quantitative estimate of drug-likeness (QED) is 0.732. The van der Waals surface area contributed by atoms with Crippen LogP contribution in [0.25, 0.3) is 0 Å². The first kappa shape index (κ1) is 11.8. The number of alkyl halides is 5. The van der Waals surface area contributed by atoms with E-state index in [1.54, 1.807) is 0 Å². The van der Waals surface area contributed by atoms with Gasteiger partial charge in [-0.05, 0) is 6.92 Å². The molecule has 0 aromatic carbocycles. The molecule has 86 valence electrons. The smallest absolute Gasteiger partial charge is 0.240 e. The zero-order valence-corrected chi connectivity index (χ0v) is 7.32. The highest BCUT2D eigenvalue weighted by molar-refractivity contribution is 5.09. The van der Waals surface area contributed by atoms with Gasteiger partial charge in [-0.2, -0.15) is 26.3 Å². The number of aryl methyl sites for hydroxylation is 1. The van der Waals surface area contributed by atoms with Gasteiger partial charge in [0.2, 0.25) is 0 Å². The van der Waals surface area contributed by atoms with Gasteiger partial charge in [-0.1, -0.05) is 10.3 Å². The summed E-state index contributed by atoms with van der Waals surface area (Å²) in [5.74, 6) is -7.21. The zero-order chi connectivity index (χ0) is 11.9. The third-order valence-electron chi connectivity index (χ3n) is 1.65. The molecule has 0 aliphatic heterocycles. The van der Waals surface area contributed by atoms with Crippen molar-refractivity contribution in [1.82, 2.24) is 15.0 Å². The summed E-state index contributed by atoms with van der Waals surface area (Å²) in [5, 5.41) is 5.36. The van der Waals surface area contributed by atoms with Crippen molar-refractivity contribution in [3.05, 3.63) is 11.6 Å². The largest absolute Gasteiger partial charge is 0.459 e. The van der Waals surface area contributed by atoms with Crippen molar-refractivity contribution in [2.75, 3.05) is 0 Å². The normalized spacial score (nSPS) is 13.3. The summed E-state index contributed by atoms with van der Waals surface area (Å²) < 4.78 is 74.0. The summed E-state index contributed by atoms with van der Waals surface area (Å²) in [6.45, 7) is 0.905. The first-order valence-electron chi connectivity index (χ1n) is 3.75. The van der Waals surface area contributed by atoms with Crippen LogP contribution in [0, 0.1) is 5.95 Å². The lowest BCUT2D eigenvalue weighted by atomic mass is 10.2. The zero-order valence-electron chi connectivity index (χ0n) is 7.32. The van der Waals surface area contributed by atoms with E-state index in [0.29, 0.717) is 0 Å². The molecule has 0 aliphatic rings. The minimum Gasteiger partial charge on any atom is -0.240 e. The average Bonchev–Trinajstić information content (AvgIpc) is 2.44. The van der Waals surface area contributed by atoms with E-state index in [4.69, 9.17) is 0 Å². The summed E-state index contributed by atoms with van der Waals surface area (Å²) in [6, 6.07) is 0. The van der Waals surface area contributed by atoms with Crippen molar-refractivity contribution in [3.63, 3.8) is 0 Å². The Kier molecular flexibility index (Phi) is 2.66. The van der Waals surface area contributed by atoms with Crippen LogP contribution in [-0.2, 0) is 12.5 Å². The maximum atomic E-state index is 12.7. The van der Waals surface area contributed by atoms with Gasteiger partial charge in [0.15, 0.2) is 5.69 Å². The van der Waals surface area contributed by atoms with Gasteiger partial charge in [0.1, 0.15) is 0 Å². The summed E-state index contributed by atoms with van der Waals surface area (Å²) in [4.78, 5) is 0. The molecule has 1 aromatic heterocycles. The van der Waals surface area contributed by atoms with Gasteiger partial charge < -0.3 is 0 Å². The van der Waals surface area contributed by atoms with Crippen LogP contribution in [0.4, 0.5) is 26.3 Å². The number of hydrogen-bond donors (Lipinski definition) is 0. The van der Waals surface area contributed by atoms with Crippen LogP contribution in [0.1, 0.15) is 12.6 Å². The standard InChI is InChI=1S/C6H5F6N3/c1-2-15-3(4(7)13-14-15)5(8,9)6(10,11)12/h2H2,1H3. The van der Waals surface area contributed by atoms with E-state index in [0.717, 1.165) is 0 Å². The molecule has 0 atom stereocenters. The molecule has 0 fully saturated rings. The number of nitrogens with zero attached hydrogens (tertiary/aromatic N) is 3. The number of aromatic nitrogens is 3. The minimum atomic E-state index is -5.87. The molecule has 0 aliphatic carbocycles. The monoisotopic (exact) mass is 233 g/mol. The van der Waals surface area contributed by atoms with Crippen LogP contribution < -0.4 is 0 Å². The van der Waals surface area contributed by atoms with Crippen molar-refractivity contribution in [2.24, 2.45) is 0 Å². The highest BCUT2D eigenvalue weighted by Crippen LogP contribution is 2.44. The Balaban J connectivity index is 3.31. The molecule has 0 saturated carbocycles. The van der Waals surface area contributed by atoms with E-state index in [1.807, 2.05) is 0 Å². The van der Waals surface area contributed by atoms with Gasteiger partial charge in [-0.15, -0.1) is 0 Å². The van der Waals surface area contributed by atoms with Gasteiger partial charge >= 0.3 is 12.1 Å². The van der Waals surface area contributed by atoms with Crippen molar-refractivity contribution < 1.29 is 26.3 Å². The van der Waals surface area contributed by atoms with Gasteiger partial charge in [-0.25, -0.2) is 4.68 Å². The fourth-order valence-corrected chi connectivity index (χ4v) is 0.939. The fourth-order valence-electron chi connectivity index (χ4n) is 0.939. The van der Waals surface area contributed by atoms with E-state index >= 15 is 0 Å². The Labute approximate surface area is 79.7 Å². The summed E-state index contributed by atoms with van der Waals surface area (Å²) in [5.41, 5.74) is -1.86. The van der Waals surface area contributed by atoms with Gasteiger partial charge in [-0.3, -0.25) is 0 Å². The van der Waals surface area contributed by atoms with E-state index in [9.17, 15) is 26.3 Å². The van der Waals surface area contributed by atoms with Crippen molar-refractivity contribution in [1.29, 1.82) is 0 Å².